The Morgan fingerprint density at radius 3 is 2.76 bits per heavy atom. The fourth-order valence-corrected chi connectivity index (χ4v) is 2.87. The van der Waals surface area contributed by atoms with Crippen LogP contribution in [-0.2, 0) is 0 Å². The van der Waals surface area contributed by atoms with E-state index in [2.05, 4.69) is 16.8 Å². The van der Waals surface area contributed by atoms with Crippen LogP contribution in [0.1, 0.15) is 16.5 Å². The molecule has 4 heteroatoms. The van der Waals surface area contributed by atoms with E-state index in [0.29, 0.717) is 0 Å². The molecule has 90 valence electrons. The molecule has 0 radical (unpaired) electrons. The van der Waals surface area contributed by atoms with Crippen molar-refractivity contribution >= 4 is 22.9 Å². The zero-order valence-electron chi connectivity index (χ0n) is 9.74. The SMILES string of the molecule is CNC(c1cccs1)c1cc(Cl)ccc1OC. The molecule has 1 N–H and O–H groups in total. The Balaban J connectivity index is 2.46. The van der Waals surface area contributed by atoms with E-state index in [4.69, 9.17) is 16.3 Å². The lowest BCUT2D eigenvalue weighted by Gasteiger charge is -2.18. The van der Waals surface area contributed by atoms with Crippen molar-refractivity contribution in [2.45, 2.75) is 6.04 Å². The van der Waals surface area contributed by atoms with E-state index in [0.717, 1.165) is 16.3 Å². The summed E-state index contributed by atoms with van der Waals surface area (Å²) in [7, 11) is 3.61. The standard InChI is InChI=1S/C13H14ClNOS/c1-15-13(12-4-3-7-17-12)10-8-9(14)5-6-11(10)16-2/h3-8,13,15H,1-2H3. The molecule has 2 rings (SSSR count). The third-order valence-electron chi connectivity index (χ3n) is 2.62. The molecular weight excluding hydrogens is 254 g/mol. The number of thiophene rings is 1. The maximum atomic E-state index is 6.06. The predicted octanol–water partition coefficient (Wildman–Crippen LogP) is 3.72. The highest BCUT2D eigenvalue weighted by Gasteiger charge is 2.17. The number of nitrogens with one attached hydrogen (secondary N) is 1. The zero-order chi connectivity index (χ0) is 12.3. The number of methoxy groups -OCH3 is 1. The van der Waals surface area contributed by atoms with Gasteiger partial charge in [-0.05, 0) is 36.7 Å². The Labute approximate surface area is 110 Å². The fraction of sp³-hybridized carbons (Fsp3) is 0.231. The number of hydrogen-bond acceptors (Lipinski definition) is 3. The maximum absolute atomic E-state index is 6.06. The van der Waals surface area contributed by atoms with Crippen LogP contribution < -0.4 is 10.1 Å². The van der Waals surface area contributed by atoms with Crippen molar-refractivity contribution in [1.82, 2.24) is 5.32 Å². The highest BCUT2D eigenvalue weighted by Crippen LogP contribution is 2.33. The van der Waals surface area contributed by atoms with Gasteiger partial charge in [0, 0.05) is 15.5 Å². The first kappa shape index (κ1) is 12.4. The van der Waals surface area contributed by atoms with Gasteiger partial charge in [0.25, 0.3) is 0 Å². The minimum atomic E-state index is 0.114. The van der Waals surface area contributed by atoms with Gasteiger partial charge in [0.1, 0.15) is 5.75 Å². The second-order valence-corrected chi connectivity index (χ2v) is 5.04. The van der Waals surface area contributed by atoms with Crippen LogP contribution in [0, 0.1) is 0 Å². The van der Waals surface area contributed by atoms with Crippen molar-refractivity contribution in [1.29, 1.82) is 0 Å². The largest absolute Gasteiger partial charge is 0.496 e. The summed E-state index contributed by atoms with van der Waals surface area (Å²) >= 11 is 7.77. The van der Waals surface area contributed by atoms with Gasteiger partial charge in [-0.3, -0.25) is 0 Å². The number of ether oxygens (including phenoxy) is 1. The van der Waals surface area contributed by atoms with Crippen molar-refractivity contribution in [3.8, 4) is 5.75 Å². The monoisotopic (exact) mass is 267 g/mol. The van der Waals surface area contributed by atoms with E-state index in [-0.39, 0.29) is 6.04 Å². The first-order chi connectivity index (χ1) is 8.26. The van der Waals surface area contributed by atoms with Crippen LogP contribution in [0.25, 0.3) is 0 Å². The second kappa shape index (κ2) is 5.54. The molecule has 0 aliphatic rings. The molecular formula is C13H14ClNOS. The van der Waals surface area contributed by atoms with Gasteiger partial charge in [-0.2, -0.15) is 0 Å². The summed E-state index contributed by atoms with van der Waals surface area (Å²) < 4.78 is 5.39. The molecule has 1 atom stereocenters. The molecule has 2 nitrogen and oxygen atoms in total. The van der Waals surface area contributed by atoms with E-state index in [1.165, 1.54) is 4.88 Å². The van der Waals surface area contributed by atoms with Crippen LogP contribution in [0.3, 0.4) is 0 Å². The fourth-order valence-electron chi connectivity index (χ4n) is 1.84. The summed E-state index contributed by atoms with van der Waals surface area (Å²) in [5.74, 6) is 0.849. The van der Waals surface area contributed by atoms with E-state index in [1.54, 1.807) is 18.4 Å². The number of benzene rings is 1. The lowest BCUT2D eigenvalue weighted by Crippen LogP contribution is -2.17. The minimum Gasteiger partial charge on any atom is -0.496 e. The first-order valence-corrected chi connectivity index (χ1v) is 6.56. The molecule has 0 aliphatic carbocycles. The van der Waals surface area contributed by atoms with E-state index < -0.39 is 0 Å². The summed E-state index contributed by atoms with van der Waals surface area (Å²) in [6, 6.07) is 9.94. The van der Waals surface area contributed by atoms with E-state index >= 15 is 0 Å². The lowest BCUT2D eigenvalue weighted by molar-refractivity contribution is 0.405. The van der Waals surface area contributed by atoms with Gasteiger partial charge in [-0.1, -0.05) is 17.7 Å². The molecule has 0 aliphatic heterocycles. The summed E-state index contributed by atoms with van der Waals surface area (Å²) in [6.45, 7) is 0. The predicted molar refractivity (Wildman–Crippen MR) is 73.2 cm³/mol. The van der Waals surface area contributed by atoms with Gasteiger partial charge >= 0.3 is 0 Å². The third kappa shape index (κ3) is 2.63. The van der Waals surface area contributed by atoms with Gasteiger partial charge in [-0.25, -0.2) is 0 Å². The van der Waals surface area contributed by atoms with Crippen molar-refractivity contribution in [2.75, 3.05) is 14.2 Å². The topological polar surface area (TPSA) is 21.3 Å². The number of halogens is 1. The van der Waals surface area contributed by atoms with Crippen LogP contribution in [0.2, 0.25) is 5.02 Å². The van der Waals surface area contributed by atoms with Gasteiger partial charge in [0.2, 0.25) is 0 Å². The molecule has 0 saturated carbocycles. The average molecular weight is 268 g/mol. The Bertz CT molecular complexity index is 484. The summed E-state index contributed by atoms with van der Waals surface area (Å²) in [5, 5.41) is 6.08. The molecule has 1 unspecified atom stereocenters. The summed E-state index contributed by atoms with van der Waals surface area (Å²) in [6.07, 6.45) is 0. The Hall–Kier alpha value is -1.03. The molecule has 0 amide bonds. The first-order valence-electron chi connectivity index (χ1n) is 5.30. The number of hydrogen-bond donors (Lipinski definition) is 1. The zero-order valence-corrected chi connectivity index (χ0v) is 11.3. The van der Waals surface area contributed by atoms with Gasteiger partial charge in [-0.15, -0.1) is 11.3 Å². The Morgan fingerprint density at radius 1 is 1.35 bits per heavy atom. The lowest BCUT2D eigenvalue weighted by atomic mass is 10.0. The second-order valence-electron chi connectivity index (χ2n) is 3.62. The highest BCUT2D eigenvalue weighted by molar-refractivity contribution is 7.10. The van der Waals surface area contributed by atoms with Gasteiger partial charge in [0.15, 0.2) is 0 Å². The molecule has 1 aromatic heterocycles. The smallest absolute Gasteiger partial charge is 0.124 e. The normalized spacial score (nSPS) is 12.4. The highest BCUT2D eigenvalue weighted by atomic mass is 35.5. The molecule has 1 aromatic carbocycles. The average Bonchev–Trinajstić information content (AvgIpc) is 2.84. The molecule has 0 spiro atoms. The van der Waals surface area contributed by atoms with Crippen LogP contribution >= 0.6 is 22.9 Å². The molecule has 0 bridgehead atoms. The third-order valence-corrected chi connectivity index (χ3v) is 3.79. The van der Waals surface area contributed by atoms with Crippen molar-refractivity contribution in [3.05, 3.63) is 51.2 Å². The maximum Gasteiger partial charge on any atom is 0.124 e. The molecule has 0 saturated heterocycles. The van der Waals surface area contributed by atoms with Crippen LogP contribution in [0.5, 0.6) is 5.75 Å². The van der Waals surface area contributed by atoms with Crippen molar-refractivity contribution in [3.63, 3.8) is 0 Å². The molecule has 1 heterocycles. The molecule has 0 fully saturated rings. The van der Waals surface area contributed by atoms with E-state index in [1.807, 2.05) is 31.3 Å². The van der Waals surface area contributed by atoms with Crippen LogP contribution in [-0.4, -0.2) is 14.2 Å². The molecule has 2 aromatic rings. The Kier molecular flexibility index (Phi) is 4.05. The van der Waals surface area contributed by atoms with Crippen LogP contribution in [0.4, 0.5) is 0 Å². The quantitative estimate of drug-likeness (QED) is 0.912. The molecule has 17 heavy (non-hydrogen) atoms. The van der Waals surface area contributed by atoms with Crippen molar-refractivity contribution in [2.24, 2.45) is 0 Å². The summed E-state index contributed by atoms with van der Waals surface area (Å²) in [5.41, 5.74) is 1.06. The van der Waals surface area contributed by atoms with Crippen LogP contribution in [0.15, 0.2) is 35.7 Å². The van der Waals surface area contributed by atoms with Gasteiger partial charge in [0.05, 0.1) is 13.2 Å². The van der Waals surface area contributed by atoms with Crippen molar-refractivity contribution < 1.29 is 4.74 Å². The van der Waals surface area contributed by atoms with Gasteiger partial charge < -0.3 is 10.1 Å². The van der Waals surface area contributed by atoms with E-state index in [9.17, 15) is 0 Å². The Morgan fingerprint density at radius 2 is 2.18 bits per heavy atom. The minimum absolute atomic E-state index is 0.114. The number of rotatable bonds is 4. The summed E-state index contributed by atoms with van der Waals surface area (Å²) in [4.78, 5) is 1.24.